The van der Waals surface area contributed by atoms with E-state index in [1.165, 1.54) is 6.07 Å². The minimum Gasteiger partial charge on any atom is -0.491 e. The van der Waals surface area contributed by atoms with Crippen LogP contribution in [0.4, 0.5) is 10.1 Å². The number of nitrogens with two attached hydrogens (primary N) is 1. The first-order valence-corrected chi connectivity index (χ1v) is 5.93. The van der Waals surface area contributed by atoms with Crippen molar-refractivity contribution in [1.29, 1.82) is 0 Å². The molecule has 0 aliphatic carbocycles. The van der Waals surface area contributed by atoms with Gasteiger partial charge in [0, 0.05) is 31.4 Å². The molecule has 0 amide bonds. The molecular formula is C13H21FN2O. The van der Waals surface area contributed by atoms with E-state index in [4.69, 9.17) is 10.5 Å². The van der Waals surface area contributed by atoms with E-state index in [0.29, 0.717) is 12.4 Å². The van der Waals surface area contributed by atoms with Gasteiger partial charge < -0.3 is 15.4 Å². The first-order valence-electron chi connectivity index (χ1n) is 5.93. The second kappa shape index (κ2) is 6.45. The van der Waals surface area contributed by atoms with Crippen molar-refractivity contribution in [1.82, 2.24) is 0 Å². The summed E-state index contributed by atoms with van der Waals surface area (Å²) in [5.41, 5.74) is 6.53. The fourth-order valence-electron chi connectivity index (χ4n) is 1.53. The number of hydrogen-bond donors (Lipinski definition) is 1. The number of rotatable bonds is 6. The Hall–Kier alpha value is -1.29. The minimum atomic E-state index is -0.322. The van der Waals surface area contributed by atoms with Gasteiger partial charge in [-0.3, -0.25) is 0 Å². The molecule has 0 aromatic heterocycles. The topological polar surface area (TPSA) is 38.5 Å². The van der Waals surface area contributed by atoms with E-state index >= 15 is 0 Å². The first-order chi connectivity index (χ1) is 8.04. The largest absolute Gasteiger partial charge is 0.491 e. The highest BCUT2D eigenvalue weighted by molar-refractivity contribution is 5.49. The Morgan fingerprint density at radius 3 is 2.71 bits per heavy atom. The van der Waals surface area contributed by atoms with Crippen molar-refractivity contribution >= 4 is 5.69 Å². The summed E-state index contributed by atoms with van der Waals surface area (Å²) in [6, 6.07) is 5.17. The van der Waals surface area contributed by atoms with E-state index in [2.05, 4.69) is 0 Å². The molecule has 0 fully saturated rings. The predicted octanol–water partition coefficient (Wildman–Crippen LogP) is 2.40. The van der Waals surface area contributed by atoms with E-state index in [-0.39, 0.29) is 11.9 Å². The molecule has 0 heterocycles. The molecule has 1 aromatic carbocycles. The van der Waals surface area contributed by atoms with Gasteiger partial charge in [-0.05, 0) is 32.4 Å². The summed E-state index contributed by atoms with van der Waals surface area (Å²) < 4.78 is 18.8. The summed E-state index contributed by atoms with van der Waals surface area (Å²) in [5, 5.41) is 0. The van der Waals surface area contributed by atoms with Crippen molar-refractivity contribution in [2.24, 2.45) is 5.73 Å². The number of hydrogen-bond acceptors (Lipinski definition) is 3. The van der Waals surface area contributed by atoms with Crippen molar-refractivity contribution in [2.75, 3.05) is 25.1 Å². The summed E-state index contributed by atoms with van der Waals surface area (Å²) in [7, 11) is 1.93. The lowest BCUT2D eigenvalue weighted by Gasteiger charge is -2.20. The Morgan fingerprint density at radius 2 is 2.18 bits per heavy atom. The quantitative estimate of drug-likeness (QED) is 0.829. The molecule has 1 atom stereocenters. The predicted molar refractivity (Wildman–Crippen MR) is 69.1 cm³/mol. The molecule has 0 radical (unpaired) electrons. The van der Waals surface area contributed by atoms with Gasteiger partial charge in [0.1, 0.15) is 0 Å². The highest BCUT2D eigenvalue weighted by Gasteiger charge is 2.07. The SMILES string of the molecule is CCOc1ccc(N(C)CCC(C)N)cc1F. The molecular weight excluding hydrogens is 219 g/mol. The number of nitrogens with zero attached hydrogens (tertiary/aromatic N) is 1. The molecule has 3 nitrogen and oxygen atoms in total. The number of benzene rings is 1. The Labute approximate surface area is 102 Å². The number of anilines is 1. The van der Waals surface area contributed by atoms with Crippen molar-refractivity contribution in [3.05, 3.63) is 24.0 Å². The fraction of sp³-hybridized carbons (Fsp3) is 0.538. The van der Waals surface area contributed by atoms with Crippen LogP contribution in [0.5, 0.6) is 5.75 Å². The summed E-state index contributed by atoms with van der Waals surface area (Å²) in [5.74, 6) is -0.0196. The van der Waals surface area contributed by atoms with Gasteiger partial charge in [-0.15, -0.1) is 0 Å². The van der Waals surface area contributed by atoms with Crippen LogP contribution in [0.1, 0.15) is 20.3 Å². The lowest BCUT2D eigenvalue weighted by Crippen LogP contribution is -2.25. The summed E-state index contributed by atoms with van der Waals surface area (Å²) in [6.45, 7) is 5.08. The minimum absolute atomic E-state index is 0.157. The number of ether oxygens (including phenoxy) is 1. The smallest absolute Gasteiger partial charge is 0.167 e. The second-order valence-corrected chi connectivity index (χ2v) is 4.24. The molecule has 0 saturated heterocycles. The summed E-state index contributed by atoms with van der Waals surface area (Å²) >= 11 is 0. The van der Waals surface area contributed by atoms with Crippen molar-refractivity contribution in [3.8, 4) is 5.75 Å². The Kier molecular flexibility index (Phi) is 5.22. The average molecular weight is 240 g/mol. The zero-order valence-electron chi connectivity index (χ0n) is 10.7. The van der Waals surface area contributed by atoms with Gasteiger partial charge in [-0.1, -0.05) is 0 Å². The molecule has 96 valence electrons. The molecule has 0 aliphatic heterocycles. The number of halogens is 1. The van der Waals surface area contributed by atoms with Crippen molar-refractivity contribution in [3.63, 3.8) is 0 Å². The van der Waals surface area contributed by atoms with Gasteiger partial charge in [-0.2, -0.15) is 0 Å². The average Bonchev–Trinajstić information content (AvgIpc) is 2.28. The van der Waals surface area contributed by atoms with Crippen LogP contribution in [-0.4, -0.2) is 26.2 Å². The molecule has 0 saturated carbocycles. The van der Waals surface area contributed by atoms with Crippen LogP contribution in [0.25, 0.3) is 0 Å². The third-order valence-corrected chi connectivity index (χ3v) is 2.58. The highest BCUT2D eigenvalue weighted by atomic mass is 19.1. The first kappa shape index (κ1) is 13.8. The molecule has 1 aromatic rings. The Balaban J connectivity index is 2.68. The Morgan fingerprint density at radius 1 is 1.47 bits per heavy atom. The maximum atomic E-state index is 13.6. The molecule has 1 unspecified atom stereocenters. The zero-order chi connectivity index (χ0) is 12.8. The van der Waals surface area contributed by atoms with Gasteiger partial charge in [-0.25, -0.2) is 4.39 Å². The molecule has 2 N–H and O–H groups in total. The van der Waals surface area contributed by atoms with E-state index in [9.17, 15) is 4.39 Å². The van der Waals surface area contributed by atoms with E-state index in [0.717, 1.165) is 18.7 Å². The summed E-state index contributed by atoms with van der Waals surface area (Å²) in [6.07, 6.45) is 0.880. The highest BCUT2D eigenvalue weighted by Crippen LogP contribution is 2.23. The van der Waals surface area contributed by atoms with Gasteiger partial charge >= 0.3 is 0 Å². The third kappa shape index (κ3) is 4.23. The lowest BCUT2D eigenvalue weighted by molar-refractivity contribution is 0.321. The molecule has 0 aliphatic rings. The molecule has 17 heavy (non-hydrogen) atoms. The standard InChI is InChI=1S/C13H21FN2O/c1-4-17-13-6-5-11(9-12(13)14)16(3)8-7-10(2)15/h5-6,9-10H,4,7-8,15H2,1-3H3. The van der Waals surface area contributed by atoms with Crippen LogP contribution in [0, 0.1) is 5.82 Å². The molecule has 0 spiro atoms. The van der Waals surface area contributed by atoms with Crippen LogP contribution in [0.15, 0.2) is 18.2 Å². The van der Waals surface area contributed by atoms with E-state index in [1.54, 1.807) is 6.07 Å². The van der Waals surface area contributed by atoms with Crippen LogP contribution in [0.3, 0.4) is 0 Å². The zero-order valence-corrected chi connectivity index (χ0v) is 10.7. The molecule has 1 rings (SSSR count). The second-order valence-electron chi connectivity index (χ2n) is 4.24. The van der Waals surface area contributed by atoms with Crippen LogP contribution < -0.4 is 15.4 Å². The normalized spacial score (nSPS) is 12.3. The van der Waals surface area contributed by atoms with Crippen LogP contribution in [-0.2, 0) is 0 Å². The van der Waals surface area contributed by atoms with Gasteiger partial charge in [0.15, 0.2) is 11.6 Å². The van der Waals surface area contributed by atoms with E-state index in [1.807, 2.05) is 31.9 Å². The van der Waals surface area contributed by atoms with Crippen molar-refractivity contribution < 1.29 is 9.13 Å². The summed E-state index contributed by atoms with van der Waals surface area (Å²) in [4.78, 5) is 1.99. The van der Waals surface area contributed by atoms with Crippen molar-refractivity contribution in [2.45, 2.75) is 26.3 Å². The maximum absolute atomic E-state index is 13.6. The maximum Gasteiger partial charge on any atom is 0.167 e. The van der Waals surface area contributed by atoms with E-state index < -0.39 is 0 Å². The Bertz CT molecular complexity index is 355. The van der Waals surface area contributed by atoms with Gasteiger partial charge in [0.25, 0.3) is 0 Å². The lowest BCUT2D eigenvalue weighted by atomic mass is 10.2. The van der Waals surface area contributed by atoms with Crippen LogP contribution >= 0.6 is 0 Å². The monoisotopic (exact) mass is 240 g/mol. The van der Waals surface area contributed by atoms with Gasteiger partial charge in [0.2, 0.25) is 0 Å². The molecule has 4 heteroatoms. The third-order valence-electron chi connectivity index (χ3n) is 2.58. The van der Waals surface area contributed by atoms with Crippen LogP contribution in [0.2, 0.25) is 0 Å². The molecule has 0 bridgehead atoms. The fourth-order valence-corrected chi connectivity index (χ4v) is 1.53. The van der Waals surface area contributed by atoms with Gasteiger partial charge in [0.05, 0.1) is 6.61 Å².